The maximum atomic E-state index is 11.9. The van der Waals surface area contributed by atoms with Crippen molar-refractivity contribution in [1.82, 2.24) is 0 Å². The number of amides is 1. The van der Waals surface area contributed by atoms with Crippen molar-refractivity contribution in [3.05, 3.63) is 40.6 Å². The Labute approximate surface area is 154 Å². The van der Waals surface area contributed by atoms with Crippen LogP contribution in [0.4, 0.5) is 5.69 Å². The fourth-order valence-electron chi connectivity index (χ4n) is 2.07. The highest BCUT2D eigenvalue weighted by atomic mass is 32.1. The number of anilines is 1. The van der Waals surface area contributed by atoms with Crippen LogP contribution in [0, 0.1) is 0 Å². The van der Waals surface area contributed by atoms with Crippen LogP contribution in [-0.4, -0.2) is 38.5 Å². The lowest BCUT2D eigenvalue weighted by Gasteiger charge is -2.10. The molecule has 0 unspecified atom stereocenters. The molecule has 1 amide bonds. The Morgan fingerprint density at radius 1 is 1.04 bits per heavy atom. The summed E-state index contributed by atoms with van der Waals surface area (Å²) in [5.41, 5.74) is 0.454. The molecule has 138 valence electrons. The summed E-state index contributed by atoms with van der Waals surface area (Å²) in [4.78, 5) is 36.0. The highest BCUT2D eigenvalue weighted by molar-refractivity contribution is 7.12. The lowest BCUT2D eigenvalue weighted by atomic mass is 10.2. The SMILES string of the molecule is COc1cc(NC(=O)COC(=O)CCC(=O)c2cccs2)cc(OC)c1. The molecule has 0 atom stereocenters. The zero-order valence-corrected chi connectivity index (χ0v) is 15.3. The van der Waals surface area contributed by atoms with Crippen LogP contribution < -0.4 is 14.8 Å². The monoisotopic (exact) mass is 377 g/mol. The van der Waals surface area contributed by atoms with E-state index in [2.05, 4.69) is 5.32 Å². The molecule has 2 aromatic rings. The number of ketones is 1. The minimum Gasteiger partial charge on any atom is -0.497 e. The molecule has 0 fully saturated rings. The second kappa shape index (κ2) is 9.57. The largest absolute Gasteiger partial charge is 0.497 e. The molecule has 0 radical (unpaired) electrons. The predicted molar refractivity (Wildman–Crippen MR) is 97.0 cm³/mol. The second-order valence-electron chi connectivity index (χ2n) is 5.21. The van der Waals surface area contributed by atoms with Crippen LogP contribution in [0.3, 0.4) is 0 Å². The molecule has 1 aromatic carbocycles. The smallest absolute Gasteiger partial charge is 0.306 e. The molecular weight excluding hydrogens is 358 g/mol. The standard InChI is InChI=1S/C18H19NO6S/c1-23-13-8-12(9-14(10-13)24-2)19-17(21)11-25-18(22)6-5-15(20)16-4-3-7-26-16/h3-4,7-10H,5-6,11H2,1-2H3,(H,19,21). The van der Waals surface area contributed by atoms with Gasteiger partial charge in [-0.2, -0.15) is 0 Å². The van der Waals surface area contributed by atoms with E-state index in [1.165, 1.54) is 25.6 Å². The van der Waals surface area contributed by atoms with Gasteiger partial charge in [-0.25, -0.2) is 0 Å². The van der Waals surface area contributed by atoms with Gasteiger partial charge in [0.2, 0.25) is 0 Å². The van der Waals surface area contributed by atoms with E-state index in [4.69, 9.17) is 14.2 Å². The predicted octanol–water partition coefficient (Wildman–Crippen LogP) is 2.91. The van der Waals surface area contributed by atoms with E-state index in [1.54, 1.807) is 35.7 Å². The van der Waals surface area contributed by atoms with Crippen LogP contribution in [0.2, 0.25) is 0 Å². The number of ether oxygens (including phenoxy) is 3. The lowest BCUT2D eigenvalue weighted by Crippen LogP contribution is -2.21. The zero-order chi connectivity index (χ0) is 18.9. The number of Topliss-reactive ketones (excluding diaryl/α,β-unsaturated/α-hetero) is 1. The lowest BCUT2D eigenvalue weighted by molar-refractivity contribution is -0.147. The summed E-state index contributed by atoms with van der Waals surface area (Å²) in [6, 6.07) is 8.37. The Morgan fingerprint density at radius 2 is 1.73 bits per heavy atom. The van der Waals surface area contributed by atoms with Crippen molar-refractivity contribution in [1.29, 1.82) is 0 Å². The average Bonchev–Trinajstić information content (AvgIpc) is 3.18. The van der Waals surface area contributed by atoms with Crippen molar-refractivity contribution in [2.75, 3.05) is 26.1 Å². The number of benzene rings is 1. The average molecular weight is 377 g/mol. The molecule has 0 aliphatic carbocycles. The van der Waals surface area contributed by atoms with Gasteiger partial charge in [-0.05, 0) is 11.4 Å². The van der Waals surface area contributed by atoms with Crippen LogP contribution in [0.1, 0.15) is 22.5 Å². The molecule has 8 heteroatoms. The fourth-order valence-corrected chi connectivity index (χ4v) is 2.77. The normalized spacial score (nSPS) is 10.1. The van der Waals surface area contributed by atoms with E-state index in [0.717, 1.165) is 0 Å². The van der Waals surface area contributed by atoms with Gasteiger partial charge >= 0.3 is 5.97 Å². The van der Waals surface area contributed by atoms with Gasteiger partial charge in [-0.15, -0.1) is 11.3 Å². The Hall–Kier alpha value is -2.87. The van der Waals surface area contributed by atoms with Gasteiger partial charge < -0.3 is 19.5 Å². The van der Waals surface area contributed by atoms with Crippen molar-refractivity contribution in [2.45, 2.75) is 12.8 Å². The molecule has 7 nitrogen and oxygen atoms in total. The van der Waals surface area contributed by atoms with E-state index in [9.17, 15) is 14.4 Å². The van der Waals surface area contributed by atoms with Crippen molar-refractivity contribution in [2.24, 2.45) is 0 Å². The number of hydrogen-bond acceptors (Lipinski definition) is 7. The van der Waals surface area contributed by atoms with Crippen LogP contribution in [-0.2, 0) is 14.3 Å². The van der Waals surface area contributed by atoms with Crippen LogP contribution >= 0.6 is 11.3 Å². The maximum Gasteiger partial charge on any atom is 0.306 e. The Morgan fingerprint density at radius 3 is 2.31 bits per heavy atom. The number of rotatable bonds is 9. The molecule has 2 rings (SSSR count). The van der Waals surface area contributed by atoms with Crippen molar-refractivity contribution in [3.8, 4) is 11.5 Å². The first kappa shape index (κ1) is 19.5. The van der Waals surface area contributed by atoms with Crippen LogP contribution in [0.25, 0.3) is 0 Å². The summed E-state index contributed by atoms with van der Waals surface area (Å²) in [5, 5.41) is 4.39. The molecule has 0 spiro atoms. The van der Waals surface area contributed by atoms with Gasteiger partial charge in [0, 0.05) is 30.3 Å². The molecule has 0 aliphatic heterocycles. The van der Waals surface area contributed by atoms with Crippen LogP contribution in [0.5, 0.6) is 11.5 Å². The number of thiophene rings is 1. The first-order valence-corrected chi connectivity index (χ1v) is 8.65. The Bertz CT molecular complexity index is 750. The maximum absolute atomic E-state index is 11.9. The number of esters is 1. The van der Waals surface area contributed by atoms with Crippen molar-refractivity contribution >= 4 is 34.7 Å². The zero-order valence-electron chi connectivity index (χ0n) is 14.4. The summed E-state index contributed by atoms with van der Waals surface area (Å²) >= 11 is 1.32. The van der Waals surface area contributed by atoms with Crippen molar-refractivity contribution in [3.63, 3.8) is 0 Å². The molecular formula is C18H19NO6S. The van der Waals surface area contributed by atoms with E-state index in [0.29, 0.717) is 22.1 Å². The molecule has 0 saturated heterocycles. The molecule has 1 heterocycles. The van der Waals surface area contributed by atoms with Crippen molar-refractivity contribution < 1.29 is 28.6 Å². The quantitative estimate of drug-likeness (QED) is 0.534. The molecule has 0 saturated carbocycles. The summed E-state index contributed by atoms with van der Waals surface area (Å²) < 4.78 is 15.1. The van der Waals surface area contributed by atoms with Crippen LogP contribution in [0.15, 0.2) is 35.7 Å². The molecule has 0 aliphatic rings. The summed E-state index contributed by atoms with van der Waals surface area (Å²) in [5.74, 6) is -0.191. The van der Waals surface area contributed by atoms with Gasteiger partial charge in [-0.3, -0.25) is 14.4 Å². The summed E-state index contributed by atoms with van der Waals surface area (Å²) in [7, 11) is 3.00. The molecule has 1 aromatic heterocycles. The first-order valence-electron chi connectivity index (χ1n) is 7.77. The van der Waals surface area contributed by atoms with E-state index >= 15 is 0 Å². The van der Waals surface area contributed by atoms with Gasteiger partial charge in [0.1, 0.15) is 11.5 Å². The van der Waals surface area contributed by atoms with E-state index in [1.807, 2.05) is 0 Å². The van der Waals surface area contributed by atoms with Gasteiger partial charge in [-0.1, -0.05) is 6.07 Å². The van der Waals surface area contributed by atoms with Gasteiger partial charge in [0.05, 0.1) is 25.5 Å². The number of methoxy groups -OCH3 is 2. The second-order valence-corrected chi connectivity index (χ2v) is 6.16. The Kier molecular flexibility index (Phi) is 7.16. The third kappa shape index (κ3) is 5.89. The highest BCUT2D eigenvalue weighted by Gasteiger charge is 2.13. The summed E-state index contributed by atoms with van der Waals surface area (Å²) in [6.07, 6.45) is -0.0228. The van der Waals surface area contributed by atoms with Gasteiger partial charge in [0.25, 0.3) is 5.91 Å². The minimum atomic E-state index is -0.603. The van der Waals surface area contributed by atoms with E-state index < -0.39 is 18.5 Å². The summed E-state index contributed by atoms with van der Waals surface area (Å²) in [6.45, 7) is -0.439. The minimum absolute atomic E-state index is 0.0497. The van der Waals surface area contributed by atoms with E-state index in [-0.39, 0.29) is 18.6 Å². The molecule has 26 heavy (non-hydrogen) atoms. The number of hydrogen-bond donors (Lipinski definition) is 1. The topological polar surface area (TPSA) is 90.9 Å². The number of carbonyl (C=O) groups is 3. The number of nitrogens with one attached hydrogen (secondary N) is 1. The fraction of sp³-hybridized carbons (Fsp3) is 0.278. The first-order chi connectivity index (χ1) is 12.5. The molecule has 0 bridgehead atoms. The van der Waals surface area contributed by atoms with Gasteiger partial charge in [0.15, 0.2) is 12.4 Å². The highest BCUT2D eigenvalue weighted by Crippen LogP contribution is 2.25. The molecule has 1 N–H and O–H groups in total. The third-order valence-electron chi connectivity index (χ3n) is 3.35. The third-order valence-corrected chi connectivity index (χ3v) is 4.26. The number of carbonyl (C=O) groups excluding carboxylic acids is 3. The Balaban J connectivity index is 1.77.